The number of para-hydroxylation sites is 4. The minimum atomic E-state index is 0.124. The van der Waals surface area contributed by atoms with Gasteiger partial charge in [-0.1, -0.05) is 116 Å². The van der Waals surface area contributed by atoms with Gasteiger partial charge in [0.1, 0.15) is 12.0 Å². The van der Waals surface area contributed by atoms with E-state index in [4.69, 9.17) is 4.42 Å². The Morgan fingerprint density at radius 3 is 1.35 bits per heavy atom. The molecule has 0 saturated heterocycles. The minimum absolute atomic E-state index is 0.124. The predicted octanol–water partition coefficient (Wildman–Crippen LogP) is 13.8. The maximum atomic E-state index is 11.9. The highest BCUT2D eigenvalue weighted by Crippen LogP contribution is 2.33. The van der Waals surface area contributed by atoms with Crippen LogP contribution < -0.4 is 0 Å². The van der Waals surface area contributed by atoms with Crippen LogP contribution in [0.3, 0.4) is 0 Å². The Morgan fingerprint density at radius 2 is 0.930 bits per heavy atom. The maximum absolute atomic E-state index is 11.9. The molecule has 10 aromatic rings. The number of oxazole rings is 1. The van der Waals surface area contributed by atoms with Crippen molar-refractivity contribution in [2.75, 3.05) is 5.33 Å². The molecule has 0 atom stereocenters. The largest absolute Gasteiger partial charge is 0.451 e. The molecular formula is C50H47BrN4O2. The van der Waals surface area contributed by atoms with Crippen LogP contribution in [0.25, 0.3) is 76.7 Å². The lowest BCUT2D eigenvalue weighted by Crippen LogP contribution is -2.00. The Bertz CT molecular complexity index is 2910. The first kappa shape index (κ1) is 38.0. The zero-order valence-corrected chi connectivity index (χ0v) is 34.4. The van der Waals surface area contributed by atoms with Gasteiger partial charge in [0.25, 0.3) is 0 Å². The van der Waals surface area contributed by atoms with Crippen molar-refractivity contribution in [3.05, 3.63) is 152 Å². The fraction of sp³-hybridized carbons (Fsp3) is 0.200. The molecular weight excluding hydrogens is 768 g/mol. The van der Waals surface area contributed by atoms with Crippen LogP contribution in [-0.2, 0) is 19.6 Å². The van der Waals surface area contributed by atoms with Crippen LogP contribution in [0.15, 0.2) is 151 Å². The van der Waals surface area contributed by atoms with Crippen molar-refractivity contribution in [1.82, 2.24) is 18.7 Å². The molecule has 0 fully saturated rings. The van der Waals surface area contributed by atoms with Gasteiger partial charge in [-0.05, 0) is 73.9 Å². The number of carbonyl (C=O) groups is 1. The smallest absolute Gasteiger partial charge is 0.181 e. The highest BCUT2D eigenvalue weighted by Gasteiger charge is 2.14. The molecule has 10 rings (SSSR count). The average Bonchev–Trinajstić information content (AvgIpc) is 4.05. The Kier molecular flexibility index (Phi) is 11.4. The van der Waals surface area contributed by atoms with Gasteiger partial charge in [-0.3, -0.25) is 4.79 Å². The van der Waals surface area contributed by atoms with Crippen molar-refractivity contribution in [3.8, 4) is 11.3 Å². The minimum Gasteiger partial charge on any atom is -0.451 e. The molecule has 7 heteroatoms. The first-order valence-corrected chi connectivity index (χ1v) is 21.1. The van der Waals surface area contributed by atoms with Crippen molar-refractivity contribution in [1.29, 1.82) is 0 Å². The van der Waals surface area contributed by atoms with E-state index in [9.17, 15) is 4.79 Å². The van der Waals surface area contributed by atoms with Gasteiger partial charge in [-0.2, -0.15) is 0 Å². The summed E-state index contributed by atoms with van der Waals surface area (Å²) >= 11 is 3.24. The molecule has 0 saturated carbocycles. The molecule has 0 unspecified atom stereocenters. The lowest BCUT2D eigenvalue weighted by atomic mass is 10.1. The number of rotatable bonds is 9. The zero-order chi connectivity index (χ0) is 39.3. The lowest BCUT2D eigenvalue weighted by molar-refractivity contribution is 0.102. The third-order valence-electron chi connectivity index (χ3n) is 10.7. The Balaban J connectivity index is 0.000000121. The highest BCUT2D eigenvalue weighted by molar-refractivity contribution is 9.09. The Hall–Kier alpha value is -5.92. The molecule has 6 aromatic carbocycles. The quantitative estimate of drug-likeness (QED) is 0.108. The number of nitrogens with zero attached hydrogens (tertiary/aromatic N) is 4. The number of Topliss-reactive ketones (excluding diaryl/α,β-unsaturated/α-hetero) is 1. The summed E-state index contributed by atoms with van der Waals surface area (Å²) in [7, 11) is 0. The molecule has 57 heavy (non-hydrogen) atoms. The molecule has 0 spiro atoms. The van der Waals surface area contributed by atoms with E-state index in [1.54, 1.807) is 6.26 Å². The van der Waals surface area contributed by atoms with Crippen LogP contribution in [0.5, 0.6) is 0 Å². The molecule has 0 aliphatic heterocycles. The van der Waals surface area contributed by atoms with Gasteiger partial charge in [0, 0.05) is 96.2 Å². The molecule has 286 valence electrons. The Labute approximate surface area is 341 Å². The monoisotopic (exact) mass is 814 g/mol. The van der Waals surface area contributed by atoms with Gasteiger partial charge in [0.2, 0.25) is 0 Å². The molecule has 4 aromatic heterocycles. The summed E-state index contributed by atoms with van der Waals surface area (Å²) in [5.41, 5.74) is 10.5. The van der Waals surface area contributed by atoms with Crippen molar-refractivity contribution in [2.45, 2.75) is 59.7 Å². The fourth-order valence-corrected chi connectivity index (χ4v) is 8.59. The van der Waals surface area contributed by atoms with Gasteiger partial charge in [0.05, 0.1) is 5.33 Å². The van der Waals surface area contributed by atoms with E-state index >= 15 is 0 Å². The van der Waals surface area contributed by atoms with Gasteiger partial charge in [-0.25, -0.2) is 4.98 Å². The summed E-state index contributed by atoms with van der Waals surface area (Å²) in [5, 5.41) is 8.07. The molecule has 6 nitrogen and oxygen atoms in total. The maximum Gasteiger partial charge on any atom is 0.181 e. The number of halogens is 1. The van der Waals surface area contributed by atoms with Gasteiger partial charge in [-0.15, -0.1) is 0 Å². The molecule has 4 heterocycles. The van der Waals surface area contributed by atoms with E-state index in [1.807, 2.05) is 12.1 Å². The van der Waals surface area contributed by atoms with Crippen LogP contribution in [0.4, 0.5) is 0 Å². The van der Waals surface area contributed by atoms with Crippen molar-refractivity contribution in [3.63, 3.8) is 0 Å². The molecule has 0 N–H and O–H groups in total. The van der Waals surface area contributed by atoms with Crippen molar-refractivity contribution >= 4 is 87.1 Å². The number of ketones is 1. The van der Waals surface area contributed by atoms with Crippen LogP contribution >= 0.6 is 15.9 Å². The summed E-state index contributed by atoms with van der Waals surface area (Å²) < 4.78 is 12.3. The molecule has 0 bridgehead atoms. The topological polar surface area (TPSA) is 57.9 Å². The lowest BCUT2D eigenvalue weighted by Gasteiger charge is -2.05. The fourth-order valence-electron chi connectivity index (χ4n) is 8.27. The number of alkyl halides is 1. The second-order valence-corrected chi connectivity index (χ2v) is 15.0. The summed E-state index contributed by atoms with van der Waals surface area (Å²) in [6, 6.07) is 46.8. The number of hydrogen-bond acceptors (Lipinski definition) is 3. The van der Waals surface area contributed by atoms with E-state index < -0.39 is 0 Å². The van der Waals surface area contributed by atoms with Crippen LogP contribution in [-0.4, -0.2) is 29.8 Å². The summed E-state index contributed by atoms with van der Waals surface area (Å²) in [5.74, 6) is 0.124. The third-order valence-corrected chi connectivity index (χ3v) is 11.2. The van der Waals surface area contributed by atoms with E-state index in [-0.39, 0.29) is 5.78 Å². The van der Waals surface area contributed by atoms with Crippen LogP contribution in [0, 0.1) is 0 Å². The number of aromatic nitrogens is 4. The molecule has 0 aliphatic carbocycles. The van der Waals surface area contributed by atoms with Gasteiger partial charge < -0.3 is 18.1 Å². The van der Waals surface area contributed by atoms with Gasteiger partial charge >= 0.3 is 0 Å². The SMILES string of the molecule is CCCn1c2ccccc2c2cc(-c3cocn3)ccc21.CCCn1c2ccccc2c2cc(C(=O)CBr)ccc21.CCCn1c2ccccc2c2ccccc21. The Morgan fingerprint density at radius 1 is 0.526 bits per heavy atom. The predicted molar refractivity (Wildman–Crippen MR) is 243 cm³/mol. The van der Waals surface area contributed by atoms with Crippen LogP contribution in [0.1, 0.15) is 50.4 Å². The van der Waals surface area contributed by atoms with Gasteiger partial charge in [0.15, 0.2) is 12.2 Å². The van der Waals surface area contributed by atoms with E-state index in [2.05, 4.69) is 177 Å². The number of fused-ring (bicyclic) bond motifs is 9. The second-order valence-electron chi connectivity index (χ2n) is 14.4. The van der Waals surface area contributed by atoms with Crippen LogP contribution in [0.2, 0.25) is 0 Å². The highest BCUT2D eigenvalue weighted by atomic mass is 79.9. The standard InChI is InChI=1S/C18H16N2O.C17H16BrNO.C15H15N/c1-2-9-20-17-6-4-3-5-14(17)15-10-13(7-8-18(15)20)16-11-21-12-19-16;1-2-9-19-15-6-4-3-5-13(15)14-10-12(17(20)11-18)7-8-16(14)19;1-2-11-16-14-9-5-3-7-12(14)13-8-4-6-10-15(13)16/h3-8,10-12H,2,9H2,1H3;3-8,10H,2,9,11H2,1H3;3-10H,2,11H2,1H3. The third kappa shape index (κ3) is 7.28. The first-order valence-electron chi connectivity index (χ1n) is 20.0. The van der Waals surface area contributed by atoms with E-state index in [0.717, 1.165) is 49.3 Å². The summed E-state index contributed by atoms with van der Waals surface area (Å²) in [4.78, 5) is 16.1. The summed E-state index contributed by atoms with van der Waals surface area (Å²) in [6.45, 7) is 9.74. The molecule has 0 aliphatic rings. The molecule has 0 radical (unpaired) electrons. The average molecular weight is 816 g/mol. The number of aryl methyl sites for hydroxylation is 3. The normalized spacial score (nSPS) is 11.4. The first-order chi connectivity index (χ1) is 28.1. The van der Waals surface area contributed by atoms with Crippen molar-refractivity contribution in [2.24, 2.45) is 0 Å². The summed E-state index contributed by atoms with van der Waals surface area (Å²) in [6.07, 6.45) is 6.55. The zero-order valence-electron chi connectivity index (χ0n) is 32.8. The number of benzene rings is 6. The van der Waals surface area contributed by atoms with E-state index in [1.165, 1.54) is 78.2 Å². The van der Waals surface area contributed by atoms with E-state index in [0.29, 0.717) is 5.33 Å². The number of carbonyl (C=O) groups excluding carboxylic acids is 1. The number of hydrogen-bond donors (Lipinski definition) is 0. The van der Waals surface area contributed by atoms with Crippen molar-refractivity contribution < 1.29 is 9.21 Å². The molecule has 0 amide bonds. The second kappa shape index (κ2) is 17.1.